The number of phenolic OH excluding ortho intramolecular Hbond substituents is 1. The zero-order valence-corrected chi connectivity index (χ0v) is 30.0. The number of carbonyl (C=O) groups is 4. The number of hydrogen-bond acceptors (Lipinski definition) is 10. The molecule has 2 N–H and O–H groups in total. The van der Waals surface area contributed by atoms with Crippen LogP contribution >= 0.6 is 11.6 Å². The SMILES string of the molecule is COc1cc(O)cc(OC)c1[C@H]1C2=CC[C@@H]3C(=O)N(c4ccc([N+](=O)[O-])cc4)C(=O)[C@@H]3[C@@H]2C[C@H]2C(=O)N(Nc3ccc(F)cc3)C(=O)[C@@]12c1ccc(Cl)cc1. The maximum atomic E-state index is 15.4. The van der Waals surface area contributed by atoms with Crippen LogP contribution in [0.3, 0.4) is 0 Å². The molecule has 0 unspecified atom stereocenters. The number of fused-ring (bicyclic) bond motifs is 4. The molecular weight excluding hydrogens is 735 g/mol. The maximum Gasteiger partial charge on any atom is 0.269 e. The lowest BCUT2D eigenvalue weighted by molar-refractivity contribution is -0.384. The third-order valence-electron chi connectivity index (χ3n) is 11.4. The van der Waals surface area contributed by atoms with Gasteiger partial charge in [0.25, 0.3) is 17.5 Å². The van der Waals surface area contributed by atoms with Crippen molar-refractivity contribution >= 4 is 52.3 Å². The molecule has 55 heavy (non-hydrogen) atoms. The van der Waals surface area contributed by atoms with Crippen LogP contribution in [-0.2, 0) is 24.6 Å². The molecule has 8 rings (SSSR count). The van der Waals surface area contributed by atoms with Gasteiger partial charge in [-0.1, -0.05) is 35.4 Å². The molecule has 4 aliphatic rings. The Morgan fingerprint density at radius 3 is 2.13 bits per heavy atom. The van der Waals surface area contributed by atoms with Gasteiger partial charge in [0.15, 0.2) is 0 Å². The number of non-ortho nitro benzene ring substituents is 1. The number of nitrogens with one attached hydrogen (secondary N) is 1. The Labute approximate surface area is 318 Å². The van der Waals surface area contributed by atoms with E-state index in [0.29, 0.717) is 21.7 Å². The van der Waals surface area contributed by atoms with Gasteiger partial charge in [-0.15, -0.1) is 0 Å². The van der Waals surface area contributed by atoms with E-state index in [0.717, 1.165) is 9.91 Å². The average molecular weight is 767 g/mol. The quantitative estimate of drug-likeness (QED) is 0.0899. The Balaban J connectivity index is 1.35. The summed E-state index contributed by atoms with van der Waals surface area (Å²) in [6, 6.07) is 19.6. The first-order valence-electron chi connectivity index (χ1n) is 17.3. The summed E-state index contributed by atoms with van der Waals surface area (Å²) in [5, 5.41) is 23.4. The smallest absolute Gasteiger partial charge is 0.269 e. The molecule has 4 aromatic carbocycles. The number of hydrazine groups is 1. The zero-order valence-electron chi connectivity index (χ0n) is 29.3. The highest BCUT2D eigenvalue weighted by Crippen LogP contribution is 2.66. The number of phenols is 1. The van der Waals surface area contributed by atoms with Gasteiger partial charge in [-0.25, -0.2) is 4.39 Å². The van der Waals surface area contributed by atoms with Crippen LogP contribution in [0.15, 0.2) is 96.6 Å². The topological polar surface area (TPSA) is 169 Å². The first kappa shape index (κ1) is 35.7. The number of methoxy groups -OCH3 is 2. The van der Waals surface area contributed by atoms with Gasteiger partial charge in [-0.05, 0) is 72.9 Å². The van der Waals surface area contributed by atoms with Crippen molar-refractivity contribution in [3.8, 4) is 17.2 Å². The highest BCUT2D eigenvalue weighted by atomic mass is 35.5. The van der Waals surface area contributed by atoms with E-state index in [1.807, 2.05) is 6.08 Å². The second-order valence-electron chi connectivity index (χ2n) is 13.9. The van der Waals surface area contributed by atoms with Gasteiger partial charge in [0.05, 0.1) is 53.7 Å². The number of imide groups is 2. The van der Waals surface area contributed by atoms with E-state index < -0.39 is 69.4 Å². The summed E-state index contributed by atoms with van der Waals surface area (Å²) >= 11 is 6.37. The van der Waals surface area contributed by atoms with E-state index in [1.54, 1.807) is 24.3 Å². The van der Waals surface area contributed by atoms with Crippen LogP contribution in [-0.4, -0.2) is 52.9 Å². The van der Waals surface area contributed by atoms with Gasteiger partial charge in [0.1, 0.15) is 23.1 Å². The van der Waals surface area contributed by atoms with Crippen LogP contribution in [0.4, 0.5) is 21.5 Å². The van der Waals surface area contributed by atoms with Crippen LogP contribution in [0.5, 0.6) is 17.2 Å². The molecule has 4 aromatic rings. The van der Waals surface area contributed by atoms with Gasteiger partial charge < -0.3 is 14.6 Å². The lowest BCUT2D eigenvalue weighted by Crippen LogP contribution is -2.53. The van der Waals surface area contributed by atoms with E-state index in [4.69, 9.17) is 21.1 Å². The Morgan fingerprint density at radius 1 is 0.891 bits per heavy atom. The molecule has 3 fully saturated rings. The molecule has 13 nitrogen and oxygen atoms in total. The number of halogens is 2. The van der Waals surface area contributed by atoms with Crippen molar-refractivity contribution in [1.82, 2.24) is 5.01 Å². The van der Waals surface area contributed by atoms with Gasteiger partial charge in [0, 0.05) is 40.8 Å². The maximum absolute atomic E-state index is 15.4. The van der Waals surface area contributed by atoms with Crippen molar-refractivity contribution in [1.29, 1.82) is 0 Å². The normalized spacial score (nSPS) is 25.6. The van der Waals surface area contributed by atoms with E-state index in [-0.39, 0.29) is 47.2 Å². The molecule has 2 heterocycles. The number of nitrogens with zero attached hydrogens (tertiary/aromatic N) is 3. The lowest BCUT2D eigenvalue weighted by Gasteiger charge is -2.51. The highest BCUT2D eigenvalue weighted by Gasteiger charge is 2.71. The van der Waals surface area contributed by atoms with Gasteiger partial charge in [0.2, 0.25) is 11.8 Å². The highest BCUT2D eigenvalue weighted by molar-refractivity contribution is 6.30. The summed E-state index contributed by atoms with van der Waals surface area (Å²) in [7, 11) is 2.78. The second-order valence-corrected chi connectivity index (χ2v) is 14.4. The first-order valence-corrected chi connectivity index (χ1v) is 17.7. The van der Waals surface area contributed by atoms with E-state index in [2.05, 4.69) is 5.43 Å². The number of benzene rings is 4. The number of rotatable bonds is 8. The number of allylic oxidation sites excluding steroid dienone is 2. The van der Waals surface area contributed by atoms with Crippen molar-refractivity contribution in [2.75, 3.05) is 24.5 Å². The molecule has 6 atom stereocenters. The predicted octanol–water partition coefficient (Wildman–Crippen LogP) is 6.30. The number of anilines is 2. The standard InChI is InChI=1S/C40H32ClFN4O9/c1-54-31-17-26(47)18-32(55-2)34(31)35-27-15-16-28-33(38(50)44(36(28)48)24-11-13-25(14-12-24)46(52)53)29(27)19-30-37(49)45(43-23-9-7-22(42)8-10-23)39(51)40(30,35)20-3-5-21(41)6-4-20/h3-15,17-18,28-30,33,35,43,47H,16,19H2,1-2H3/t28-,29+,30-,33-,35+,40+/m0/s1. The minimum atomic E-state index is -1.73. The number of nitro benzene ring substituents is 1. The molecule has 15 heteroatoms. The molecule has 0 spiro atoms. The molecule has 280 valence electrons. The molecule has 4 amide bonds. The fourth-order valence-electron chi connectivity index (χ4n) is 9.16. The average Bonchev–Trinajstić information content (AvgIpc) is 3.56. The van der Waals surface area contributed by atoms with Crippen LogP contribution in [0.25, 0.3) is 0 Å². The molecule has 2 saturated heterocycles. The molecular formula is C40H32ClFN4O9. The van der Waals surface area contributed by atoms with Gasteiger partial charge in [-0.2, -0.15) is 5.01 Å². The van der Waals surface area contributed by atoms with Crippen molar-refractivity contribution in [2.45, 2.75) is 24.2 Å². The third-order valence-corrected chi connectivity index (χ3v) is 11.6. The van der Waals surface area contributed by atoms with Crippen molar-refractivity contribution < 1.29 is 43.1 Å². The van der Waals surface area contributed by atoms with E-state index in [1.165, 1.54) is 74.9 Å². The van der Waals surface area contributed by atoms with Gasteiger partial charge in [-0.3, -0.25) is 39.6 Å². The number of hydrogen-bond donors (Lipinski definition) is 2. The molecule has 2 aliphatic carbocycles. The largest absolute Gasteiger partial charge is 0.508 e. The molecule has 2 aliphatic heterocycles. The minimum absolute atomic E-state index is 0.0336. The molecule has 1 saturated carbocycles. The summed E-state index contributed by atoms with van der Waals surface area (Å²) in [6.07, 6.45) is 1.91. The summed E-state index contributed by atoms with van der Waals surface area (Å²) in [6.45, 7) is 0. The number of aromatic hydroxyl groups is 1. The molecule has 0 radical (unpaired) electrons. The Morgan fingerprint density at radius 2 is 1.53 bits per heavy atom. The van der Waals surface area contributed by atoms with Crippen molar-refractivity contribution in [2.24, 2.45) is 23.7 Å². The van der Waals surface area contributed by atoms with Crippen LogP contribution in [0.1, 0.15) is 29.9 Å². The third kappa shape index (κ3) is 5.34. The Bertz CT molecular complexity index is 2290. The van der Waals surface area contributed by atoms with Gasteiger partial charge >= 0.3 is 0 Å². The van der Waals surface area contributed by atoms with Crippen molar-refractivity contribution in [3.63, 3.8) is 0 Å². The Hall–Kier alpha value is -6.28. The fourth-order valence-corrected chi connectivity index (χ4v) is 9.28. The van der Waals surface area contributed by atoms with Crippen LogP contribution < -0.4 is 19.8 Å². The fraction of sp³-hybridized carbons (Fsp3) is 0.250. The number of amides is 4. The Kier molecular flexibility index (Phi) is 8.60. The molecule has 0 aromatic heterocycles. The van der Waals surface area contributed by atoms with Crippen LogP contribution in [0.2, 0.25) is 5.02 Å². The number of carbonyl (C=O) groups excluding carboxylic acids is 4. The minimum Gasteiger partial charge on any atom is -0.508 e. The van der Waals surface area contributed by atoms with Crippen molar-refractivity contribution in [3.05, 3.63) is 129 Å². The number of ether oxygens (including phenoxy) is 2. The monoisotopic (exact) mass is 766 g/mol. The van der Waals surface area contributed by atoms with E-state index in [9.17, 15) is 34.0 Å². The summed E-state index contributed by atoms with van der Waals surface area (Å²) in [5.41, 5.74) is 2.72. The summed E-state index contributed by atoms with van der Waals surface area (Å²) in [4.78, 5) is 70.7. The summed E-state index contributed by atoms with van der Waals surface area (Å²) in [5.74, 6) is -7.53. The predicted molar refractivity (Wildman–Crippen MR) is 196 cm³/mol. The van der Waals surface area contributed by atoms with Crippen LogP contribution in [0, 0.1) is 39.6 Å². The second kappa shape index (κ2) is 13.2. The molecule has 0 bridgehead atoms. The first-order chi connectivity index (χ1) is 26.4. The lowest BCUT2D eigenvalue weighted by atomic mass is 9.49. The zero-order chi connectivity index (χ0) is 38.9. The number of nitro groups is 1. The summed E-state index contributed by atoms with van der Waals surface area (Å²) < 4.78 is 25.6. The van der Waals surface area contributed by atoms with E-state index >= 15 is 4.79 Å².